The number of nitrogens with zero attached hydrogens (tertiary/aromatic N) is 4. The third kappa shape index (κ3) is 6.16. The van der Waals surface area contributed by atoms with Gasteiger partial charge in [-0.25, -0.2) is 4.98 Å². The molecule has 8 rings (SSSR count). The van der Waals surface area contributed by atoms with E-state index in [9.17, 15) is 0 Å². The average molecular weight is 770 g/mol. The molecule has 0 unspecified atom stereocenters. The summed E-state index contributed by atoms with van der Waals surface area (Å²) in [4.78, 5) is 17.5. The smallest absolute Gasteiger partial charge is 0.216 e. The quantitative estimate of drug-likeness (QED) is 0.168. The summed E-state index contributed by atoms with van der Waals surface area (Å²) in [5, 5.41) is 2.65. The third-order valence-electron chi connectivity index (χ3n) is 7.11. The summed E-state index contributed by atoms with van der Waals surface area (Å²) < 4.78 is 72.6. The van der Waals surface area contributed by atoms with Gasteiger partial charge in [0.2, 0.25) is 5.71 Å². The second-order valence-electron chi connectivity index (χ2n) is 9.98. The Balaban J connectivity index is 0.000000205. The molecule has 0 N–H and O–H groups in total. The summed E-state index contributed by atoms with van der Waals surface area (Å²) >= 11 is 0. The molecule has 8 aromatic rings. The van der Waals surface area contributed by atoms with Crippen LogP contribution in [0.3, 0.4) is 0 Å². The van der Waals surface area contributed by atoms with Crippen molar-refractivity contribution < 1.29 is 36.9 Å². The van der Waals surface area contributed by atoms with Gasteiger partial charge in [0.25, 0.3) is 0 Å². The SMILES string of the molecule is [2H]C([2H])([2H])c1c[c-]c(-c2ccc(C([2H])([2H])[2H])cn2)cc1.[2H]C([2H])([2H])c1ccc2c(n1)oc1c(-c3cc(-c4cccc5cccnc45)ccn3)[c-]ccc12.[Ir]. The Bertz CT molecular complexity index is 2520. The first-order chi connectivity index (χ1) is 25.2. The molecule has 0 saturated carbocycles. The van der Waals surface area contributed by atoms with Gasteiger partial charge in [0.05, 0.1) is 11.1 Å². The van der Waals surface area contributed by atoms with Crippen LogP contribution in [0.25, 0.3) is 66.6 Å². The van der Waals surface area contributed by atoms with E-state index in [2.05, 4.69) is 32.1 Å². The molecule has 0 aliphatic carbocycles. The monoisotopic (exact) mass is 770 g/mol. The molecule has 0 saturated heterocycles. The van der Waals surface area contributed by atoms with Crippen molar-refractivity contribution in [3.05, 3.63) is 145 Å². The minimum Gasteiger partial charge on any atom is -0.486 e. The van der Waals surface area contributed by atoms with E-state index in [-0.39, 0.29) is 42.6 Å². The fourth-order valence-electron chi connectivity index (χ4n) is 5.02. The number of aromatic nitrogens is 4. The summed E-state index contributed by atoms with van der Waals surface area (Å²) in [5.41, 5.74) is 6.71. The van der Waals surface area contributed by atoms with Crippen LogP contribution in [0.5, 0.6) is 0 Å². The van der Waals surface area contributed by atoms with Crippen LogP contribution in [-0.4, -0.2) is 19.9 Å². The second-order valence-corrected chi connectivity index (χ2v) is 9.98. The first-order valence-corrected chi connectivity index (χ1v) is 13.7. The van der Waals surface area contributed by atoms with Gasteiger partial charge >= 0.3 is 0 Å². The average Bonchev–Trinajstić information content (AvgIpc) is 3.52. The number of aryl methyl sites for hydroxylation is 3. The fraction of sp³-hybridized carbons (Fsp3) is 0.0769. The van der Waals surface area contributed by atoms with Crippen molar-refractivity contribution in [1.29, 1.82) is 0 Å². The first kappa shape index (κ1) is 20.8. The summed E-state index contributed by atoms with van der Waals surface area (Å²) in [5.74, 6) is 0. The third-order valence-corrected chi connectivity index (χ3v) is 7.11. The normalized spacial score (nSPS) is 14.6. The van der Waals surface area contributed by atoms with Crippen LogP contribution < -0.4 is 0 Å². The van der Waals surface area contributed by atoms with E-state index in [0.717, 1.165) is 32.8 Å². The van der Waals surface area contributed by atoms with Gasteiger partial charge in [-0.1, -0.05) is 60.3 Å². The van der Waals surface area contributed by atoms with E-state index < -0.39 is 20.6 Å². The topological polar surface area (TPSA) is 64.7 Å². The molecule has 5 heterocycles. The van der Waals surface area contributed by atoms with Gasteiger partial charge in [-0.15, -0.1) is 53.6 Å². The molecule has 3 aromatic carbocycles. The van der Waals surface area contributed by atoms with Gasteiger partial charge in [-0.2, -0.15) is 0 Å². The zero-order valence-corrected chi connectivity index (χ0v) is 25.9. The van der Waals surface area contributed by atoms with Crippen molar-refractivity contribution in [3.63, 3.8) is 0 Å². The molecular formula is C39H28IrN4O-2. The van der Waals surface area contributed by atoms with E-state index in [1.807, 2.05) is 54.6 Å². The molecule has 221 valence electrons. The maximum atomic E-state index is 7.63. The molecule has 0 spiro atoms. The zero-order chi connectivity index (χ0) is 37.5. The Kier molecular flexibility index (Phi) is 5.98. The van der Waals surface area contributed by atoms with E-state index in [4.69, 9.17) is 16.8 Å². The summed E-state index contributed by atoms with van der Waals surface area (Å²) in [6.45, 7) is -6.64. The predicted molar refractivity (Wildman–Crippen MR) is 177 cm³/mol. The standard InChI is InChI=1S/C26H16N3O.C13H12N.Ir/c1-16-10-11-21-20-8-3-9-22(25(20)30-26(21)29-16)23-15-18(12-14-27-23)19-7-2-5-17-6-4-13-28-24(17)19;1-10-3-6-12(7-4-10)13-8-5-11(2)9-14-13;/h2-8,10-15H,1H3;3-6,8-9H,1-2H3;/q2*-1;/i1D3;1D3,2D3;. The molecule has 0 atom stereocenters. The van der Waals surface area contributed by atoms with Crippen LogP contribution in [-0.2, 0) is 20.1 Å². The Morgan fingerprint density at radius 2 is 1.64 bits per heavy atom. The number of fused-ring (bicyclic) bond motifs is 4. The van der Waals surface area contributed by atoms with Gasteiger partial charge < -0.3 is 14.4 Å². The van der Waals surface area contributed by atoms with Gasteiger partial charge in [0.15, 0.2) is 0 Å². The van der Waals surface area contributed by atoms with E-state index in [1.165, 1.54) is 30.5 Å². The Morgan fingerprint density at radius 3 is 2.47 bits per heavy atom. The minimum atomic E-state index is -2.30. The number of hydrogen-bond acceptors (Lipinski definition) is 5. The molecule has 0 aliphatic heterocycles. The summed E-state index contributed by atoms with van der Waals surface area (Å²) in [6.07, 6.45) is 4.85. The number of pyridine rings is 4. The molecule has 0 bridgehead atoms. The van der Waals surface area contributed by atoms with E-state index in [0.29, 0.717) is 28.1 Å². The largest absolute Gasteiger partial charge is 0.486 e. The second kappa shape index (κ2) is 12.9. The van der Waals surface area contributed by atoms with Gasteiger partial charge in [0.1, 0.15) is 0 Å². The maximum Gasteiger partial charge on any atom is 0.216 e. The number of benzene rings is 3. The zero-order valence-electron chi connectivity index (χ0n) is 32.5. The van der Waals surface area contributed by atoms with Gasteiger partial charge in [0, 0.05) is 73.1 Å². The Labute approximate surface area is 288 Å². The molecule has 5 nitrogen and oxygen atoms in total. The number of furan rings is 1. The molecule has 45 heavy (non-hydrogen) atoms. The molecule has 0 fully saturated rings. The van der Waals surface area contributed by atoms with Crippen LogP contribution >= 0.6 is 0 Å². The minimum absolute atomic E-state index is 0. The Morgan fingerprint density at radius 1 is 0.733 bits per heavy atom. The van der Waals surface area contributed by atoms with Crippen LogP contribution in [0.1, 0.15) is 29.2 Å². The van der Waals surface area contributed by atoms with Crippen LogP contribution in [0.15, 0.2) is 120 Å². The van der Waals surface area contributed by atoms with Gasteiger partial charge in [-0.3, -0.25) is 4.98 Å². The van der Waals surface area contributed by atoms with Crippen molar-refractivity contribution in [2.24, 2.45) is 0 Å². The van der Waals surface area contributed by atoms with Crippen LogP contribution in [0.4, 0.5) is 0 Å². The van der Waals surface area contributed by atoms with Crippen molar-refractivity contribution in [1.82, 2.24) is 19.9 Å². The van der Waals surface area contributed by atoms with Crippen LogP contribution in [0, 0.1) is 32.7 Å². The number of para-hydroxylation sites is 1. The number of rotatable bonds is 3. The molecular weight excluding hydrogens is 733 g/mol. The fourth-order valence-corrected chi connectivity index (χ4v) is 5.02. The van der Waals surface area contributed by atoms with Crippen molar-refractivity contribution in [2.75, 3.05) is 0 Å². The van der Waals surface area contributed by atoms with E-state index in [1.54, 1.807) is 30.6 Å². The van der Waals surface area contributed by atoms with Gasteiger partial charge in [-0.05, 0) is 60.5 Å². The van der Waals surface area contributed by atoms with Crippen molar-refractivity contribution >= 4 is 33.0 Å². The molecule has 0 amide bonds. The number of hydrogen-bond donors (Lipinski definition) is 0. The molecule has 1 radical (unpaired) electrons. The molecule has 6 heteroatoms. The Hall–Kier alpha value is -5.03. The molecule has 0 aliphatic rings. The maximum absolute atomic E-state index is 7.63. The van der Waals surface area contributed by atoms with E-state index >= 15 is 0 Å². The summed E-state index contributed by atoms with van der Waals surface area (Å²) in [6, 6.07) is 34.6. The first-order valence-electron chi connectivity index (χ1n) is 18.2. The van der Waals surface area contributed by atoms with Crippen LogP contribution in [0.2, 0.25) is 0 Å². The molecule has 5 aromatic heterocycles. The van der Waals surface area contributed by atoms with Crippen molar-refractivity contribution in [2.45, 2.75) is 20.6 Å². The van der Waals surface area contributed by atoms with Crippen molar-refractivity contribution in [3.8, 4) is 33.6 Å². The predicted octanol–water partition coefficient (Wildman–Crippen LogP) is 9.53. The summed E-state index contributed by atoms with van der Waals surface area (Å²) in [7, 11) is 0.